The molecule has 2 aromatic carbocycles. The van der Waals surface area contributed by atoms with Crippen molar-refractivity contribution in [1.82, 2.24) is 9.97 Å². The molecule has 1 amide bonds. The van der Waals surface area contributed by atoms with Crippen LogP contribution >= 0.6 is 11.6 Å². The maximum Gasteiger partial charge on any atom is 0.260 e. The fraction of sp³-hybridized carbons (Fsp3) is 0. The molecule has 1 heterocycles. The Morgan fingerprint density at radius 1 is 1.14 bits per heavy atom. The zero-order chi connectivity index (χ0) is 14.8. The maximum atomic E-state index is 12.2. The van der Waals surface area contributed by atoms with Gasteiger partial charge in [-0.3, -0.25) is 9.78 Å². The number of fused-ring (bicyclic) bond motifs is 1. The van der Waals surface area contributed by atoms with Gasteiger partial charge in [0.15, 0.2) is 5.82 Å². The largest absolute Gasteiger partial charge is 0.506 e. The van der Waals surface area contributed by atoms with Crippen LogP contribution in [-0.4, -0.2) is 21.0 Å². The predicted molar refractivity (Wildman–Crippen MR) is 80.6 cm³/mol. The SMILES string of the molecule is O=C(Nc1cncc(Cl)n1)c1ccc2ccccc2c1O. The highest BCUT2D eigenvalue weighted by Crippen LogP contribution is 2.28. The average Bonchev–Trinajstić information content (AvgIpc) is 2.48. The Labute approximate surface area is 125 Å². The van der Waals surface area contributed by atoms with Gasteiger partial charge in [0.2, 0.25) is 0 Å². The van der Waals surface area contributed by atoms with Crippen molar-refractivity contribution in [3.63, 3.8) is 0 Å². The minimum Gasteiger partial charge on any atom is -0.506 e. The molecule has 0 spiro atoms. The first-order valence-corrected chi connectivity index (χ1v) is 6.52. The Bertz CT molecular complexity index is 836. The molecule has 0 radical (unpaired) electrons. The number of hydrogen-bond acceptors (Lipinski definition) is 4. The number of aromatic nitrogens is 2. The van der Waals surface area contributed by atoms with Crippen LogP contribution in [-0.2, 0) is 0 Å². The van der Waals surface area contributed by atoms with Crippen molar-refractivity contribution in [2.75, 3.05) is 5.32 Å². The van der Waals surface area contributed by atoms with Crippen LogP contribution in [0, 0.1) is 0 Å². The number of carbonyl (C=O) groups is 1. The van der Waals surface area contributed by atoms with Crippen molar-refractivity contribution in [2.45, 2.75) is 0 Å². The van der Waals surface area contributed by atoms with Crippen LogP contribution in [0.5, 0.6) is 5.75 Å². The standard InChI is InChI=1S/C15H10ClN3O2/c16-12-7-17-8-13(18-12)19-15(21)11-6-5-9-3-1-2-4-10(9)14(11)20/h1-8,20H,(H,18,19,21). The van der Waals surface area contributed by atoms with Crippen LogP contribution in [0.2, 0.25) is 5.15 Å². The smallest absolute Gasteiger partial charge is 0.260 e. The predicted octanol–water partition coefficient (Wildman–Crippen LogP) is 3.24. The fourth-order valence-electron chi connectivity index (χ4n) is 2.02. The molecule has 0 aliphatic carbocycles. The van der Waals surface area contributed by atoms with Gasteiger partial charge in [0.1, 0.15) is 10.9 Å². The normalized spacial score (nSPS) is 10.5. The molecule has 0 unspecified atom stereocenters. The highest BCUT2D eigenvalue weighted by atomic mass is 35.5. The minimum atomic E-state index is -0.477. The number of rotatable bonds is 2. The van der Waals surface area contributed by atoms with Gasteiger partial charge in [0, 0.05) is 5.39 Å². The first-order chi connectivity index (χ1) is 10.1. The van der Waals surface area contributed by atoms with E-state index >= 15 is 0 Å². The van der Waals surface area contributed by atoms with Gasteiger partial charge < -0.3 is 10.4 Å². The summed E-state index contributed by atoms with van der Waals surface area (Å²) in [7, 11) is 0. The molecule has 0 fully saturated rings. The van der Waals surface area contributed by atoms with Gasteiger partial charge in [0.05, 0.1) is 18.0 Å². The third kappa shape index (κ3) is 2.64. The lowest BCUT2D eigenvalue weighted by Gasteiger charge is -2.08. The summed E-state index contributed by atoms with van der Waals surface area (Å²) >= 11 is 5.71. The first-order valence-electron chi connectivity index (χ1n) is 6.15. The highest BCUT2D eigenvalue weighted by molar-refractivity contribution is 6.29. The minimum absolute atomic E-state index is 0.0689. The van der Waals surface area contributed by atoms with Crippen LogP contribution < -0.4 is 5.32 Å². The van der Waals surface area contributed by atoms with Gasteiger partial charge in [-0.15, -0.1) is 0 Å². The number of phenolic OH excluding ortho intramolecular Hbond substituents is 1. The van der Waals surface area contributed by atoms with Gasteiger partial charge in [0.25, 0.3) is 5.91 Å². The third-order valence-electron chi connectivity index (χ3n) is 2.99. The lowest BCUT2D eigenvalue weighted by atomic mass is 10.0. The molecule has 21 heavy (non-hydrogen) atoms. The van der Waals surface area contributed by atoms with Crippen molar-refractivity contribution in [3.8, 4) is 5.75 Å². The van der Waals surface area contributed by atoms with E-state index in [4.69, 9.17) is 11.6 Å². The van der Waals surface area contributed by atoms with Crippen molar-refractivity contribution in [1.29, 1.82) is 0 Å². The summed E-state index contributed by atoms with van der Waals surface area (Å²) in [5.41, 5.74) is 0.162. The number of nitrogens with one attached hydrogen (secondary N) is 1. The Balaban J connectivity index is 1.96. The van der Waals surface area contributed by atoms with Crippen LogP contribution in [0.4, 0.5) is 5.82 Å². The second kappa shape index (κ2) is 5.38. The molecule has 1 aromatic heterocycles. The molecule has 3 rings (SSSR count). The van der Waals surface area contributed by atoms with E-state index in [1.54, 1.807) is 24.3 Å². The number of anilines is 1. The van der Waals surface area contributed by atoms with Crippen molar-refractivity contribution < 1.29 is 9.90 Å². The molecule has 0 atom stereocenters. The molecule has 104 valence electrons. The number of aromatic hydroxyl groups is 1. The number of carbonyl (C=O) groups excluding carboxylic acids is 1. The Hall–Kier alpha value is -2.66. The number of amides is 1. The molecule has 5 nitrogen and oxygen atoms in total. The number of halogens is 1. The number of phenols is 1. The summed E-state index contributed by atoms with van der Waals surface area (Å²) in [4.78, 5) is 20.0. The van der Waals surface area contributed by atoms with Gasteiger partial charge in [-0.1, -0.05) is 41.9 Å². The van der Waals surface area contributed by atoms with Crippen LogP contribution in [0.3, 0.4) is 0 Å². The van der Waals surface area contributed by atoms with E-state index in [1.807, 2.05) is 12.1 Å². The quantitative estimate of drug-likeness (QED) is 0.761. The number of benzene rings is 2. The van der Waals surface area contributed by atoms with Gasteiger partial charge >= 0.3 is 0 Å². The first kappa shape index (κ1) is 13.3. The molecule has 6 heteroatoms. The van der Waals surface area contributed by atoms with Gasteiger partial charge in [-0.2, -0.15) is 0 Å². The molecule has 3 aromatic rings. The maximum absolute atomic E-state index is 12.2. The molecule has 0 aliphatic heterocycles. The summed E-state index contributed by atoms with van der Waals surface area (Å²) in [5.74, 6) is -0.324. The topological polar surface area (TPSA) is 75.1 Å². The zero-order valence-electron chi connectivity index (χ0n) is 10.7. The summed E-state index contributed by atoms with van der Waals surface area (Å²) in [6.07, 6.45) is 2.74. The second-order valence-corrected chi connectivity index (χ2v) is 4.75. The fourth-order valence-corrected chi connectivity index (χ4v) is 2.17. The Kier molecular flexibility index (Phi) is 3.41. The summed E-state index contributed by atoms with van der Waals surface area (Å²) < 4.78 is 0. The van der Waals surface area contributed by atoms with E-state index in [-0.39, 0.29) is 22.3 Å². The summed E-state index contributed by atoms with van der Waals surface area (Å²) in [6.45, 7) is 0. The van der Waals surface area contributed by atoms with Crippen molar-refractivity contribution in [3.05, 3.63) is 59.5 Å². The molecule has 0 aliphatic rings. The Morgan fingerprint density at radius 3 is 2.76 bits per heavy atom. The Morgan fingerprint density at radius 2 is 1.95 bits per heavy atom. The van der Waals surface area contributed by atoms with E-state index in [0.717, 1.165) is 5.39 Å². The van der Waals surface area contributed by atoms with Gasteiger partial charge in [-0.25, -0.2) is 4.98 Å². The molecule has 0 bridgehead atoms. The lowest BCUT2D eigenvalue weighted by molar-refractivity contribution is 0.102. The number of nitrogens with zero attached hydrogens (tertiary/aromatic N) is 2. The lowest BCUT2D eigenvalue weighted by Crippen LogP contribution is -2.13. The molecule has 0 saturated heterocycles. The highest BCUT2D eigenvalue weighted by Gasteiger charge is 2.14. The average molecular weight is 300 g/mol. The summed E-state index contributed by atoms with van der Waals surface area (Å²) in [5, 5.41) is 14.4. The van der Waals surface area contributed by atoms with Gasteiger partial charge in [-0.05, 0) is 11.5 Å². The van der Waals surface area contributed by atoms with Crippen LogP contribution in [0.15, 0.2) is 48.8 Å². The molecular weight excluding hydrogens is 290 g/mol. The summed E-state index contributed by atoms with van der Waals surface area (Å²) in [6, 6.07) is 10.6. The third-order valence-corrected chi connectivity index (χ3v) is 3.17. The van der Waals surface area contributed by atoms with E-state index in [1.165, 1.54) is 12.4 Å². The monoisotopic (exact) mass is 299 g/mol. The van der Waals surface area contributed by atoms with Crippen molar-refractivity contribution >= 4 is 34.1 Å². The molecular formula is C15H10ClN3O2. The van der Waals surface area contributed by atoms with Crippen molar-refractivity contribution in [2.24, 2.45) is 0 Å². The van der Waals surface area contributed by atoms with E-state index < -0.39 is 5.91 Å². The number of hydrogen-bond donors (Lipinski definition) is 2. The van der Waals surface area contributed by atoms with E-state index in [0.29, 0.717) is 5.39 Å². The van der Waals surface area contributed by atoms with E-state index in [9.17, 15) is 9.90 Å². The molecule has 2 N–H and O–H groups in total. The second-order valence-electron chi connectivity index (χ2n) is 4.36. The van der Waals surface area contributed by atoms with Crippen LogP contribution in [0.1, 0.15) is 10.4 Å². The van der Waals surface area contributed by atoms with E-state index in [2.05, 4.69) is 15.3 Å². The van der Waals surface area contributed by atoms with Crippen LogP contribution in [0.25, 0.3) is 10.8 Å². The molecule has 0 saturated carbocycles. The zero-order valence-corrected chi connectivity index (χ0v) is 11.5.